The summed E-state index contributed by atoms with van der Waals surface area (Å²) in [5.74, 6) is 0.0734. The molecule has 2 heterocycles. The maximum Gasteiger partial charge on any atom is 0.141 e. The topological polar surface area (TPSA) is 37.8 Å². The van der Waals surface area contributed by atoms with E-state index >= 15 is 0 Å². The molecule has 2 aromatic rings. The normalized spacial score (nSPS) is 14.3. The highest BCUT2D eigenvalue weighted by Crippen LogP contribution is 2.19. The van der Waals surface area contributed by atoms with E-state index in [1.165, 1.54) is 12.3 Å². The first kappa shape index (κ1) is 14.1. The second-order valence-corrected chi connectivity index (χ2v) is 5.47. The molecule has 0 saturated carbocycles. The molecule has 0 spiro atoms. The lowest BCUT2D eigenvalue weighted by Crippen LogP contribution is -2.25. The van der Waals surface area contributed by atoms with Gasteiger partial charge in [-0.25, -0.2) is 9.37 Å². The summed E-state index contributed by atoms with van der Waals surface area (Å²) >= 11 is 1.67. The summed E-state index contributed by atoms with van der Waals surface area (Å²) < 4.78 is 12.9. The average molecular weight is 279 g/mol. The van der Waals surface area contributed by atoms with E-state index in [0.717, 1.165) is 23.7 Å². The Labute approximate surface area is 116 Å². The zero-order chi connectivity index (χ0) is 13.7. The minimum Gasteiger partial charge on any atom is -0.308 e. The fourth-order valence-corrected chi connectivity index (χ4v) is 2.63. The Morgan fingerprint density at radius 3 is 2.79 bits per heavy atom. The van der Waals surface area contributed by atoms with Crippen LogP contribution in [0.4, 0.5) is 4.39 Å². The second kappa shape index (κ2) is 6.73. The fraction of sp³-hybridized carbons (Fsp3) is 0.429. The van der Waals surface area contributed by atoms with Gasteiger partial charge in [-0.05, 0) is 18.6 Å². The number of hydrogen-bond donors (Lipinski definition) is 1. The first-order chi connectivity index (χ1) is 9.20. The van der Waals surface area contributed by atoms with Gasteiger partial charge in [0.15, 0.2) is 0 Å². The van der Waals surface area contributed by atoms with Gasteiger partial charge in [0.1, 0.15) is 5.82 Å². The minimum absolute atomic E-state index is 0.156. The van der Waals surface area contributed by atoms with Gasteiger partial charge in [-0.15, -0.1) is 11.3 Å². The van der Waals surface area contributed by atoms with Crippen LogP contribution in [0, 0.1) is 5.82 Å². The molecule has 2 rings (SSSR count). The number of rotatable bonds is 6. The quantitative estimate of drug-likeness (QED) is 0.879. The number of nitrogens with one attached hydrogen (secondary N) is 1. The second-order valence-electron chi connectivity index (χ2n) is 4.54. The third-order valence-electron chi connectivity index (χ3n) is 3.06. The summed E-state index contributed by atoms with van der Waals surface area (Å²) in [6, 6.07) is 3.35. The van der Waals surface area contributed by atoms with Crippen molar-refractivity contribution in [3.8, 4) is 0 Å². The molecule has 2 atom stereocenters. The van der Waals surface area contributed by atoms with Crippen molar-refractivity contribution in [2.24, 2.45) is 0 Å². The van der Waals surface area contributed by atoms with Crippen LogP contribution in [0.15, 0.2) is 29.9 Å². The number of pyridine rings is 1. The summed E-state index contributed by atoms with van der Waals surface area (Å²) in [6.07, 6.45) is 4.02. The third-order valence-corrected chi connectivity index (χ3v) is 4.07. The van der Waals surface area contributed by atoms with Crippen LogP contribution in [0.1, 0.15) is 42.9 Å². The van der Waals surface area contributed by atoms with E-state index in [4.69, 9.17) is 0 Å². The summed E-state index contributed by atoms with van der Waals surface area (Å²) in [4.78, 5) is 8.46. The standard InChI is InChI=1S/C14H18FN3S/c1-3-12(13-5-4-11(15)9-18-13)17-8-10(2)14-16-6-7-19-14/h4-7,9-10,12,17H,3,8H2,1-2H3. The highest BCUT2D eigenvalue weighted by molar-refractivity contribution is 7.09. The number of nitrogens with zero attached hydrogens (tertiary/aromatic N) is 2. The molecule has 0 radical (unpaired) electrons. The molecule has 0 bridgehead atoms. The lowest BCUT2D eigenvalue weighted by atomic mass is 10.1. The molecular formula is C14H18FN3S. The predicted octanol–water partition coefficient (Wildman–Crippen LogP) is 3.52. The van der Waals surface area contributed by atoms with Crippen LogP contribution >= 0.6 is 11.3 Å². The van der Waals surface area contributed by atoms with Gasteiger partial charge in [-0.2, -0.15) is 0 Å². The van der Waals surface area contributed by atoms with Crippen LogP contribution in [0.2, 0.25) is 0 Å². The highest BCUT2D eigenvalue weighted by Gasteiger charge is 2.14. The Hall–Kier alpha value is -1.33. The van der Waals surface area contributed by atoms with Crippen molar-refractivity contribution in [2.75, 3.05) is 6.54 Å². The Morgan fingerprint density at radius 1 is 1.37 bits per heavy atom. The van der Waals surface area contributed by atoms with Gasteiger partial charge in [-0.3, -0.25) is 4.98 Å². The Bertz CT molecular complexity index is 484. The Morgan fingerprint density at radius 2 is 2.21 bits per heavy atom. The largest absolute Gasteiger partial charge is 0.308 e. The molecule has 19 heavy (non-hydrogen) atoms. The van der Waals surface area contributed by atoms with Crippen LogP contribution in [0.25, 0.3) is 0 Å². The molecule has 0 aliphatic carbocycles. The predicted molar refractivity (Wildman–Crippen MR) is 75.8 cm³/mol. The van der Waals surface area contributed by atoms with Crippen LogP contribution in [-0.4, -0.2) is 16.5 Å². The van der Waals surface area contributed by atoms with Crippen molar-refractivity contribution in [3.63, 3.8) is 0 Å². The molecule has 3 nitrogen and oxygen atoms in total. The van der Waals surface area contributed by atoms with Crippen LogP contribution in [-0.2, 0) is 0 Å². The number of aromatic nitrogens is 2. The van der Waals surface area contributed by atoms with Gasteiger partial charge in [0.05, 0.1) is 16.9 Å². The van der Waals surface area contributed by atoms with Gasteiger partial charge in [0, 0.05) is 30.1 Å². The van der Waals surface area contributed by atoms with Gasteiger partial charge >= 0.3 is 0 Å². The molecule has 0 aliphatic heterocycles. The van der Waals surface area contributed by atoms with E-state index < -0.39 is 0 Å². The first-order valence-electron chi connectivity index (χ1n) is 6.45. The minimum atomic E-state index is -0.297. The van der Waals surface area contributed by atoms with E-state index in [1.54, 1.807) is 17.4 Å². The van der Waals surface area contributed by atoms with Crippen molar-refractivity contribution < 1.29 is 4.39 Å². The molecule has 5 heteroatoms. The molecule has 102 valence electrons. The molecule has 0 fully saturated rings. The van der Waals surface area contributed by atoms with Crippen LogP contribution in [0.5, 0.6) is 0 Å². The molecule has 0 saturated heterocycles. The van der Waals surface area contributed by atoms with E-state index in [2.05, 4.69) is 29.1 Å². The van der Waals surface area contributed by atoms with Gasteiger partial charge in [-0.1, -0.05) is 13.8 Å². The lowest BCUT2D eigenvalue weighted by Gasteiger charge is -2.18. The molecule has 2 unspecified atom stereocenters. The molecule has 2 aromatic heterocycles. The summed E-state index contributed by atoms with van der Waals surface area (Å²) in [5, 5.41) is 6.60. The van der Waals surface area contributed by atoms with Crippen molar-refractivity contribution >= 4 is 11.3 Å². The van der Waals surface area contributed by atoms with Gasteiger partial charge in [0.25, 0.3) is 0 Å². The van der Waals surface area contributed by atoms with E-state index in [0.29, 0.717) is 5.92 Å². The van der Waals surface area contributed by atoms with Crippen LogP contribution in [0.3, 0.4) is 0 Å². The Balaban J connectivity index is 1.94. The molecule has 1 N–H and O–H groups in total. The van der Waals surface area contributed by atoms with E-state index in [9.17, 15) is 4.39 Å². The summed E-state index contributed by atoms with van der Waals surface area (Å²) in [6.45, 7) is 5.08. The SMILES string of the molecule is CCC(NCC(C)c1nccs1)c1ccc(F)cn1. The number of thiazole rings is 1. The molecule has 0 amide bonds. The third kappa shape index (κ3) is 3.81. The van der Waals surface area contributed by atoms with Crippen molar-refractivity contribution in [3.05, 3.63) is 46.4 Å². The van der Waals surface area contributed by atoms with E-state index in [-0.39, 0.29) is 11.9 Å². The highest BCUT2D eigenvalue weighted by atomic mass is 32.1. The van der Waals surface area contributed by atoms with Crippen molar-refractivity contribution in [1.29, 1.82) is 0 Å². The average Bonchev–Trinajstić information content (AvgIpc) is 2.95. The van der Waals surface area contributed by atoms with Crippen LogP contribution < -0.4 is 5.32 Å². The first-order valence-corrected chi connectivity index (χ1v) is 7.33. The molecule has 0 aromatic carbocycles. The van der Waals surface area contributed by atoms with Gasteiger partial charge < -0.3 is 5.32 Å². The Kier molecular flexibility index (Phi) is 4.99. The molecular weight excluding hydrogens is 261 g/mol. The monoisotopic (exact) mass is 279 g/mol. The number of halogens is 1. The maximum atomic E-state index is 12.9. The summed E-state index contributed by atoms with van der Waals surface area (Å²) in [7, 11) is 0. The zero-order valence-electron chi connectivity index (χ0n) is 11.1. The fourth-order valence-electron chi connectivity index (χ4n) is 1.94. The van der Waals surface area contributed by atoms with Crippen molar-refractivity contribution in [2.45, 2.75) is 32.2 Å². The number of hydrogen-bond acceptors (Lipinski definition) is 4. The van der Waals surface area contributed by atoms with E-state index in [1.807, 2.05) is 11.6 Å². The maximum absolute atomic E-state index is 12.9. The van der Waals surface area contributed by atoms with Gasteiger partial charge in [0.2, 0.25) is 0 Å². The van der Waals surface area contributed by atoms with Crippen molar-refractivity contribution in [1.82, 2.24) is 15.3 Å². The lowest BCUT2D eigenvalue weighted by molar-refractivity contribution is 0.483. The molecule has 0 aliphatic rings. The summed E-state index contributed by atoms with van der Waals surface area (Å²) in [5.41, 5.74) is 0.884. The zero-order valence-corrected chi connectivity index (χ0v) is 12.0. The smallest absolute Gasteiger partial charge is 0.141 e.